The van der Waals surface area contributed by atoms with Gasteiger partial charge in [-0.25, -0.2) is 17.2 Å². The van der Waals surface area contributed by atoms with Crippen LogP contribution < -0.4 is 14.8 Å². The van der Waals surface area contributed by atoms with Crippen molar-refractivity contribution in [3.05, 3.63) is 48.0 Å². The molecule has 0 radical (unpaired) electrons. The monoisotopic (exact) mass is 370 g/mol. The number of rotatable bonds is 6. The normalized spacial score (nSPS) is 11.0. The molecule has 0 aliphatic heterocycles. The molecule has 0 aliphatic rings. The third kappa shape index (κ3) is 4.44. The van der Waals surface area contributed by atoms with Crippen LogP contribution in [0.15, 0.2) is 41.3 Å². The summed E-state index contributed by atoms with van der Waals surface area (Å²) in [5.74, 6) is -2.29. The van der Waals surface area contributed by atoms with Gasteiger partial charge in [-0.3, -0.25) is 9.52 Å². The van der Waals surface area contributed by atoms with Crippen molar-refractivity contribution in [1.29, 1.82) is 0 Å². The van der Waals surface area contributed by atoms with Crippen LogP contribution in [0.4, 0.5) is 20.2 Å². The van der Waals surface area contributed by atoms with Gasteiger partial charge in [0.25, 0.3) is 10.0 Å². The van der Waals surface area contributed by atoms with E-state index < -0.39 is 21.7 Å². The summed E-state index contributed by atoms with van der Waals surface area (Å²) >= 11 is 0. The molecule has 0 unspecified atom stereocenters. The van der Waals surface area contributed by atoms with Crippen LogP contribution >= 0.6 is 0 Å². The summed E-state index contributed by atoms with van der Waals surface area (Å²) in [4.78, 5) is 11.4. The average molecular weight is 370 g/mol. The number of halogens is 2. The van der Waals surface area contributed by atoms with E-state index in [1.165, 1.54) is 25.3 Å². The Morgan fingerprint density at radius 2 is 1.84 bits per heavy atom. The highest BCUT2D eigenvalue weighted by molar-refractivity contribution is 7.92. The van der Waals surface area contributed by atoms with E-state index in [4.69, 9.17) is 4.74 Å². The van der Waals surface area contributed by atoms with E-state index in [1.54, 1.807) is 6.92 Å². The summed E-state index contributed by atoms with van der Waals surface area (Å²) < 4.78 is 58.2. The zero-order valence-corrected chi connectivity index (χ0v) is 14.3. The van der Waals surface area contributed by atoms with E-state index in [2.05, 4.69) is 10.0 Å². The molecule has 0 atom stereocenters. The summed E-state index contributed by atoms with van der Waals surface area (Å²) in [5, 5.41) is 2.54. The SMILES string of the molecule is CCC(=O)Nc1cc(S(=O)(=O)Nc2ccc(F)c(F)c2)ccc1OC. The molecule has 2 aromatic carbocycles. The zero-order chi connectivity index (χ0) is 18.6. The lowest BCUT2D eigenvalue weighted by Gasteiger charge is -2.13. The Balaban J connectivity index is 2.36. The van der Waals surface area contributed by atoms with Gasteiger partial charge in [-0.05, 0) is 30.3 Å². The van der Waals surface area contributed by atoms with E-state index in [0.717, 1.165) is 18.2 Å². The van der Waals surface area contributed by atoms with Crippen molar-refractivity contribution in [1.82, 2.24) is 0 Å². The van der Waals surface area contributed by atoms with Gasteiger partial charge in [0.2, 0.25) is 5.91 Å². The highest BCUT2D eigenvalue weighted by Gasteiger charge is 2.18. The molecule has 2 N–H and O–H groups in total. The number of benzene rings is 2. The third-order valence-electron chi connectivity index (χ3n) is 3.25. The number of hydrogen-bond acceptors (Lipinski definition) is 4. The van der Waals surface area contributed by atoms with E-state index in [1.807, 2.05) is 0 Å². The fraction of sp³-hybridized carbons (Fsp3) is 0.188. The van der Waals surface area contributed by atoms with Gasteiger partial charge in [0.1, 0.15) is 5.75 Å². The van der Waals surface area contributed by atoms with Crippen LogP contribution in [0.5, 0.6) is 5.75 Å². The second-order valence-corrected chi connectivity index (χ2v) is 6.68. The van der Waals surface area contributed by atoms with Crippen LogP contribution in [0.1, 0.15) is 13.3 Å². The number of amides is 1. The van der Waals surface area contributed by atoms with Gasteiger partial charge in [0, 0.05) is 12.5 Å². The first kappa shape index (κ1) is 18.7. The number of methoxy groups -OCH3 is 1. The molecule has 2 rings (SSSR count). The quantitative estimate of drug-likeness (QED) is 0.818. The average Bonchev–Trinajstić information content (AvgIpc) is 2.57. The minimum atomic E-state index is -4.08. The Morgan fingerprint density at radius 3 is 2.44 bits per heavy atom. The van der Waals surface area contributed by atoms with Gasteiger partial charge < -0.3 is 10.1 Å². The lowest BCUT2D eigenvalue weighted by molar-refractivity contribution is -0.115. The fourth-order valence-corrected chi connectivity index (χ4v) is 3.04. The number of nitrogens with one attached hydrogen (secondary N) is 2. The molecule has 2 aromatic rings. The van der Waals surface area contributed by atoms with Crippen LogP contribution in [-0.4, -0.2) is 21.4 Å². The van der Waals surface area contributed by atoms with E-state index >= 15 is 0 Å². The maximum Gasteiger partial charge on any atom is 0.261 e. The van der Waals surface area contributed by atoms with E-state index in [-0.39, 0.29) is 34.3 Å². The first-order chi connectivity index (χ1) is 11.8. The van der Waals surface area contributed by atoms with Gasteiger partial charge in [0.15, 0.2) is 11.6 Å². The summed E-state index contributed by atoms with van der Waals surface area (Å²) in [7, 11) is -2.70. The standard InChI is InChI=1S/C16H16F2N2O4S/c1-3-16(21)19-14-9-11(5-7-15(14)24-2)25(22,23)20-10-4-6-12(17)13(18)8-10/h4-9,20H,3H2,1-2H3,(H,19,21). The molecular formula is C16H16F2N2O4S. The number of carbonyl (C=O) groups is 1. The van der Waals surface area contributed by atoms with Crippen LogP contribution in [0, 0.1) is 11.6 Å². The molecule has 0 aliphatic carbocycles. The number of hydrogen-bond donors (Lipinski definition) is 2. The Hall–Kier alpha value is -2.68. The number of carbonyl (C=O) groups excluding carboxylic acids is 1. The predicted molar refractivity (Wildman–Crippen MR) is 89.1 cm³/mol. The Labute approximate surface area is 143 Å². The number of ether oxygens (including phenoxy) is 1. The zero-order valence-electron chi connectivity index (χ0n) is 13.5. The summed E-state index contributed by atoms with van der Waals surface area (Å²) in [5.41, 5.74) is 0.0522. The molecule has 0 aromatic heterocycles. The number of anilines is 2. The fourth-order valence-electron chi connectivity index (χ4n) is 1.96. The first-order valence-corrected chi connectivity index (χ1v) is 8.71. The van der Waals surface area contributed by atoms with Gasteiger partial charge >= 0.3 is 0 Å². The lowest BCUT2D eigenvalue weighted by atomic mass is 10.3. The van der Waals surface area contributed by atoms with Gasteiger partial charge in [0.05, 0.1) is 23.4 Å². The van der Waals surface area contributed by atoms with E-state index in [0.29, 0.717) is 0 Å². The maximum absolute atomic E-state index is 13.2. The molecule has 6 nitrogen and oxygen atoms in total. The van der Waals surface area contributed by atoms with Crippen molar-refractivity contribution in [2.75, 3.05) is 17.1 Å². The lowest BCUT2D eigenvalue weighted by Crippen LogP contribution is -2.15. The molecular weight excluding hydrogens is 354 g/mol. The van der Waals surface area contributed by atoms with Gasteiger partial charge in [-0.1, -0.05) is 6.92 Å². The molecule has 134 valence electrons. The van der Waals surface area contributed by atoms with Crippen LogP contribution in [0.3, 0.4) is 0 Å². The van der Waals surface area contributed by atoms with Crippen molar-refractivity contribution in [2.24, 2.45) is 0 Å². The Kier molecular flexibility index (Phi) is 5.58. The highest BCUT2D eigenvalue weighted by atomic mass is 32.2. The Bertz CT molecular complexity index is 901. The Morgan fingerprint density at radius 1 is 1.12 bits per heavy atom. The number of sulfonamides is 1. The summed E-state index contributed by atoms with van der Waals surface area (Å²) in [6.07, 6.45) is 0.202. The van der Waals surface area contributed by atoms with Crippen LogP contribution in [0.2, 0.25) is 0 Å². The van der Waals surface area contributed by atoms with Crippen molar-refractivity contribution >= 4 is 27.3 Å². The third-order valence-corrected chi connectivity index (χ3v) is 4.63. The first-order valence-electron chi connectivity index (χ1n) is 7.22. The minimum absolute atomic E-state index is 0.131. The van der Waals surface area contributed by atoms with E-state index in [9.17, 15) is 22.0 Å². The largest absolute Gasteiger partial charge is 0.495 e. The maximum atomic E-state index is 13.2. The van der Waals surface area contributed by atoms with Crippen molar-refractivity contribution in [3.8, 4) is 5.75 Å². The molecule has 25 heavy (non-hydrogen) atoms. The second-order valence-electron chi connectivity index (χ2n) is 5.00. The van der Waals surface area contributed by atoms with Crippen molar-refractivity contribution in [2.45, 2.75) is 18.2 Å². The van der Waals surface area contributed by atoms with Crippen molar-refractivity contribution < 1.29 is 26.7 Å². The summed E-state index contributed by atoms with van der Waals surface area (Å²) in [6.45, 7) is 1.65. The minimum Gasteiger partial charge on any atom is -0.495 e. The topological polar surface area (TPSA) is 84.5 Å². The second kappa shape index (κ2) is 7.47. The van der Waals surface area contributed by atoms with Gasteiger partial charge in [-0.15, -0.1) is 0 Å². The van der Waals surface area contributed by atoms with Gasteiger partial charge in [-0.2, -0.15) is 0 Å². The summed E-state index contributed by atoms with van der Waals surface area (Å²) in [6, 6.07) is 6.51. The smallest absolute Gasteiger partial charge is 0.261 e. The molecule has 0 fully saturated rings. The van der Waals surface area contributed by atoms with Crippen molar-refractivity contribution in [3.63, 3.8) is 0 Å². The molecule has 0 saturated heterocycles. The molecule has 1 amide bonds. The molecule has 0 spiro atoms. The predicted octanol–water partition coefficient (Wildman–Crippen LogP) is 3.12. The molecule has 0 heterocycles. The van der Waals surface area contributed by atoms with Crippen LogP contribution in [0.25, 0.3) is 0 Å². The van der Waals surface area contributed by atoms with Crippen LogP contribution in [-0.2, 0) is 14.8 Å². The molecule has 9 heteroatoms. The molecule has 0 saturated carbocycles. The highest BCUT2D eigenvalue weighted by Crippen LogP contribution is 2.28. The molecule has 0 bridgehead atoms.